The van der Waals surface area contributed by atoms with Crippen molar-refractivity contribution >= 4 is 29.5 Å². The highest BCUT2D eigenvalue weighted by molar-refractivity contribution is 6.30. The number of nitrogens with zero attached hydrogens (tertiary/aromatic N) is 1. The zero-order valence-corrected chi connectivity index (χ0v) is 10.5. The molecule has 1 aromatic rings. The Balaban J connectivity index is 1.99. The molecule has 1 aromatic carbocycles. The number of amides is 2. The zero-order chi connectivity index (χ0) is 13.8. The van der Waals surface area contributed by atoms with Gasteiger partial charge in [0.25, 0.3) is 0 Å². The number of anilines is 1. The number of urea groups is 1. The molecule has 0 fully saturated rings. The number of carbonyl (C=O) groups is 2. The van der Waals surface area contributed by atoms with Crippen LogP contribution in [0.4, 0.5) is 15.3 Å². The van der Waals surface area contributed by atoms with Gasteiger partial charge < -0.3 is 15.2 Å². The summed E-state index contributed by atoms with van der Waals surface area (Å²) in [6, 6.07) is 6.14. The first-order chi connectivity index (χ1) is 9.06. The topological polar surface area (TPSA) is 78.9 Å². The van der Waals surface area contributed by atoms with Gasteiger partial charge in [-0.05, 0) is 30.3 Å². The summed E-state index contributed by atoms with van der Waals surface area (Å²) in [4.78, 5) is 23.7. The van der Waals surface area contributed by atoms with Crippen molar-refractivity contribution in [2.75, 3.05) is 11.9 Å². The molecule has 100 valence electrons. The minimum Gasteiger partial charge on any atom is -0.450 e. The van der Waals surface area contributed by atoms with E-state index in [1.807, 2.05) is 0 Å². The first kappa shape index (κ1) is 13.2. The van der Waals surface area contributed by atoms with Gasteiger partial charge in [-0.15, -0.1) is 0 Å². The smallest absolute Gasteiger partial charge is 0.450 e. The fourth-order valence-corrected chi connectivity index (χ4v) is 1.76. The van der Waals surface area contributed by atoms with Crippen LogP contribution in [0.5, 0.6) is 0 Å². The maximum absolute atomic E-state index is 12.0. The van der Waals surface area contributed by atoms with Crippen LogP contribution in [0, 0.1) is 0 Å². The van der Waals surface area contributed by atoms with E-state index in [0.717, 1.165) is 0 Å². The van der Waals surface area contributed by atoms with Gasteiger partial charge in [0.15, 0.2) is 0 Å². The van der Waals surface area contributed by atoms with E-state index in [4.69, 9.17) is 16.7 Å². The molecule has 6 nitrogen and oxygen atoms in total. The van der Waals surface area contributed by atoms with Gasteiger partial charge >= 0.3 is 12.2 Å². The summed E-state index contributed by atoms with van der Waals surface area (Å²) >= 11 is 5.74. The maximum atomic E-state index is 12.0. The number of benzene rings is 1. The van der Waals surface area contributed by atoms with Crippen LogP contribution in [0.15, 0.2) is 36.4 Å². The molecule has 0 saturated carbocycles. The predicted octanol–water partition coefficient (Wildman–Crippen LogP) is 2.76. The molecule has 2 rings (SSSR count). The van der Waals surface area contributed by atoms with Crippen LogP contribution in [-0.2, 0) is 4.74 Å². The van der Waals surface area contributed by atoms with E-state index in [0.29, 0.717) is 10.7 Å². The third-order valence-corrected chi connectivity index (χ3v) is 2.74. The molecule has 0 spiro atoms. The van der Waals surface area contributed by atoms with Crippen molar-refractivity contribution in [2.45, 2.75) is 6.23 Å². The Hall–Kier alpha value is -2.21. The van der Waals surface area contributed by atoms with Crippen LogP contribution in [0.3, 0.4) is 0 Å². The van der Waals surface area contributed by atoms with Crippen molar-refractivity contribution in [3.8, 4) is 0 Å². The van der Waals surface area contributed by atoms with E-state index in [2.05, 4.69) is 10.1 Å². The quantitative estimate of drug-likeness (QED) is 0.646. The summed E-state index contributed by atoms with van der Waals surface area (Å²) in [6.07, 6.45) is 0.843. The van der Waals surface area contributed by atoms with E-state index in [9.17, 15) is 9.59 Å². The standard InChI is InChI=1S/C12H11ClN2O4/c13-8-3-5-9(6-4-8)14-11(16)15-7-1-2-10(15)19-12(17)18/h1-6,10H,7H2,(H,14,16)(H,17,18). The molecule has 0 aliphatic carbocycles. The van der Waals surface area contributed by atoms with Crippen LogP contribution < -0.4 is 5.32 Å². The number of carboxylic acid groups (broad SMARTS) is 1. The minimum absolute atomic E-state index is 0.289. The second-order valence-corrected chi connectivity index (χ2v) is 4.23. The third kappa shape index (κ3) is 3.38. The Morgan fingerprint density at radius 3 is 2.68 bits per heavy atom. The third-order valence-electron chi connectivity index (χ3n) is 2.49. The molecule has 1 unspecified atom stereocenters. The molecule has 2 amide bonds. The van der Waals surface area contributed by atoms with Crippen molar-refractivity contribution in [1.82, 2.24) is 4.90 Å². The SMILES string of the molecule is O=C(O)OC1C=CCN1C(=O)Nc1ccc(Cl)cc1. The molecule has 7 heteroatoms. The molecule has 19 heavy (non-hydrogen) atoms. The number of carbonyl (C=O) groups excluding carboxylic acids is 1. The summed E-state index contributed by atoms with van der Waals surface area (Å²) < 4.78 is 4.58. The van der Waals surface area contributed by atoms with Gasteiger partial charge in [-0.3, -0.25) is 4.90 Å². The van der Waals surface area contributed by atoms with Crippen molar-refractivity contribution in [3.05, 3.63) is 41.4 Å². The minimum atomic E-state index is -1.43. The van der Waals surface area contributed by atoms with Crippen molar-refractivity contribution in [3.63, 3.8) is 0 Å². The molecular formula is C12H11ClN2O4. The van der Waals surface area contributed by atoms with E-state index < -0.39 is 18.4 Å². The lowest BCUT2D eigenvalue weighted by Gasteiger charge is -2.23. The Kier molecular flexibility index (Phi) is 3.91. The molecule has 0 radical (unpaired) electrons. The number of ether oxygens (including phenoxy) is 1. The van der Waals surface area contributed by atoms with Crippen LogP contribution in [0.25, 0.3) is 0 Å². The van der Waals surface area contributed by atoms with Gasteiger partial charge in [0.05, 0.1) is 0 Å². The fourth-order valence-electron chi connectivity index (χ4n) is 1.63. The van der Waals surface area contributed by atoms with Crippen LogP contribution in [0.2, 0.25) is 5.02 Å². The molecule has 0 aromatic heterocycles. The Morgan fingerprint density at radius 2 is 2.05 bits per heavy atom. The van der Waals surface area contributed by atoms with Crippen molar-refractivity contribution in [2.24, 2.45) is 0 Å². The molecule has 1 aliphatic rings. The predicted molar refractivity (Wildman–Crippen MR) is 69.2 cm³/mol. The lowest BCUT2D eigenvalue weighted by molar-refractivity contribution is 0.0220. The summed E-state index contributed by atoms with van der Waals surface area (Å²) in [5.74, 6) is 0. The second-order valence-electron chi connectivity index (χ2n) is 3.79. The summed E-state index contributed by atoms with van der Waals surface area (Å²) in [6.45, 7) is 0.289. The molecule has 1 atom stereocenters. The van der Waals surface area contributed by atoms with Crippen molar-refractivity contribution in [1.29, 1.82) is 0 Å². The molecule has 1 heterocycles. The highest BCUT2D eigenvalue weighted by atomic mass is 35.5. The number of rotatable bonds is 2. The molecule has 2 N–H and O–H groups in total. The first-order valence-corrected chi connectivity index (χ1v) is 5.83. The number of nitrogens with one attached hydrogen (secondary N) is 1. The van der Waals surface area contributed by atoms with Gasteiger partial charge in [0, 0.05) is 17.3 Å². The normalized spacial score (nSPS) is 17.3. The van der Waals surface area contributed by atoms with E-state index in [-0.39, 0.29) is 6.54 Å². The second kappa shape index (κ2) is 5.62. The zero-order valence-electron chi connectivity index (χ0n) is 9.75. The lowest BCUT2D eigenvalue weighted by Crippen LogP contribution is -2.41. The highest BCUT2D eigenvalue weighted by Crippen LogP contribution is 2.16. The number of hydrogen-bond donors (Lipinski definition) is 2. The Bertz CT molecular complexity index is 515. The summed E-state index contributed by atoms with van der Waals surface area (Å²) in [7, 11) is 0. The van der Waals surface area contributed by atoms with Gasteiger partial charge in [0.1, 0.15) is 0 Å². The monoisotopic (exact) mass is 282 g/mol. The summed E-state index contributed by atoms with van der Waals surface area (Å²) in [5.41, 5.74) is 0.565. The van der Waals surface area contributed by atoms with E-state index >= 15 is 0 Å². The van der Waals surface area contributed by atoms with Gasteiger partial charge in [-0.25, -0.2) is 9.59 Å². The van der Waals surface area contributed by atoms with Gasteiger partial charge in [-0.1, -0.05) is 17.7 Å². The highest BCUT2D eigenvalue weighted by Gasteiger charge is 2.27. The fraction of sp³-hybridized carbons (Fsp3) is 0.167. The van der Waals surface area contributed by atoms with E-state index in [1.54, 1.807) is 30.3 Å². The van der Waals surface area contributed by atoms with Crippen LogP contribution in [-0.4, -0.2) is 35.0 Å². The average molecular weight is 283 g/mol. The van der Waals surface area contributed by atoms with Crippen LogP contribution >= 0.6 is 11.6 Å². The Morgan fingerprint density at radius 1 is 1.37 bits per heavy atom. The first-order valence-electron chi connectivity index (χ1n) is 5.45. The largest absolute Gasteiger partial charge is 0.507 e. The number of hydrogen-bond acceptors (Lipinski definition) is 3. The average Bonchev–Trinajstić information content (AvgIpc) is 2.79. The van der Waals surface area contributed by atoms with Gasteiger partial charge in [-0.2, -0.15) is 0 Å². The molecule has 0 bridgehead atoms. The number of halogens is 1. The lowest BCUT2D eigenvalue weighted by atomic mass is 10.3. The van der Waals surface area contributed by atoms with E-state index in [1.165, 1.54) is 11.0 Å². The molecule has 1 aliphatic heterocycles. The van der Waals surface area contributed by atoms with Crippen LogP contribution in [0.1, 0.15) is 0 Å². The maximum Gasteiger partial charge on any atom is 0.507 e. The van der Waals surface area contributed by atoms with Crippen molar-refractivity contribution < 1.29 is 19.4 Å². The summed E-state index contributed by atoms with van der Waals surface area (Å²) in [5, 5.41) is 11.8. The Labute approximate surface area is 114 Å². The van der Waals surface area contributed by atoms with Gasteiger partial charge in [0.2, 0.25) is 6.23 Å². The molecular weight excluding hydrogens is 272 g/mol. The molecule has 0 saturated heterocycles.